The van der Waals surface area contributed by atoms with Crippen molar-refractivity contribution in [2.75, 3.05) is 0 Å². The summed E-state index contributed by atoms with van der Waals surface area (Å²) in [7, 11) is 0. The van der Waals surface area contributed by atoms with E-state index in [0.717, 1.165) is 29.5 Å². The first-order valence-electron chi connectivity index (χ1n) is 13.3. The maximum atomic E-state index is 14.2. The van der Waals surface area contributed by atoms with E-state index in [9.17, 15) is 19.2 Å². The van der Waals surface area contributed by atoms with Crippen molar-refractivity contribution in [1.29, 1.82) is 0 Å². The first kappa shape index (κ1) is 29.7. The van der Waals surface area contributed by atoms with E-state index in [0.29, 0.717) is 12.1 Å². The average molecular weight is 537 g/mol. The van der Waals surface area contributed by atoms with Gasteiger partial charge >= 0.3 is 6.09 Å². The van der Waals surface area contributed by atoms with Crippen LogP contribution in [0.5, 0.6) is 0 Å². The zero-order valence-electron chi connectivity index (χ0n) is 23.5. The van der Waals surface area contributed by atoms with Gasteiger partial charge in [-0.1, -0.05) is 54.1 Å². The number of nitrogens with two attached hydrogens (primary N) is 1. The third-order valence-corrected chi connectivity index (χ3v) is 6.43. The Morgan fingerprint density at radius 2 is 1.72 bits per heavy atom. The van der Waals surface area contributed by atoms with Crippen LogP contribution in [0, 0.1) is 13.8 Å². The molecule has 0 bridgehead atoms. The lowest BCUT2D eigenvalue weighted by atomic mass is 9.95. The molecule has 1 saturated carbocycles. The molecule has 2 atom stereocenters. The standard InChI is InChI=1S/C30H40N4O5/c1-19-11-12-20(2)23(17-19)26(27(36)32-18-21-9-7-6-8-10-21)34(22-13-14-22)28(37)24(15-16-25(31)35)33-29(38)39-30(3,4)5/h6-12,17,22,24,26H,13-16,18H2,1-5H3,(H2,31,35)(H,32,36)(H,33,38). The zero-order chi connectivity index (χ0) is 28.7. The number of nitrogens with one attached hydrogen (secondary N) is 2. The first-order chi connectivity index (χ1) is 18.4. The lowest BCUT2D eigenvalue weighted by Gasteiger charge is -2.35. The SMILES string of the molecule is Cc1ccc(C)c(C(C(=O)NCc2ccccc2)N(C(=O)C(CCC(N)=O)NC(=O)OC(C)(C)C)C2CC2)c1. The maximum Gasteiger partial charge on any atom is 0.408 e. The normalized spacial score (nSPS) is 14.6. The van der Waals surface area contributed by atoms with Crippen LogP contribution in [0.3, 0.4) is 0 Å². The molecule has 39 heavy (non-hydrogen) atoms. The number of nitrogens with zero attached hydrogens (tertiary/aromatic N) is 1. The highest BCUT2D eigenvalue weighted by atomic mass is 16.6. The maximum absolute atomic E-state index is 14.2. The van der Waals surface area contributed by atoms with Crippen molar-refractivity contribution in [3.63, 3.8) is 0 Å². The summed E-state index contributed by atoms with van der Waals surface area (Å²) >= 11 is 0. The number of rotatable bonds is 11. The van der Waals surface area contributed by atoms with E-state index < -0.39 is 35.6 Å². The molecule has 1 aliphatic rings. The van der Waals surface area contributed by atoms with E-state index in [1.165, 1.54) is 0 Å². The van der Waals surface area contributed by atoms with Crippen LogP contribution in [0.4, 0.5) is 4.79 Å². The van der Waals surface area contributed by atoms with Gasteiger partial charge < -0.3 is 26.0 Å². The Morgan fingerprint density at radius 1 is 1.05 bits per heavy atom. The Balaban J connectivity index is 1.98. The minimum atomic E-state index is -1.09. The highest BCUT2D eigenvalue weighted by Gasteiger charge is 2.44. The lowest BCUT2D eigenvalue weighted by Crippen LogP contribution is -2.54. The molecule has 2 aromatic rings. The molecule has 4 N–H and O–H groups in total. The fraction of sp³-hybridized carbons (Fsp3) is 0.467. The molecule has 4 amide bonds. The lowest BCUT2D eigenvalue weighted by molar-refractivity contribution is -0.143. The molecule has 0 spiro atoms. The molecular weight excluding hydrogens is 496 g/mol. The number of benzene rings is 2. The molecule has 210 valence electrons. The third kappa shape index (κ3) is 8.84. The monoisotopic (exact) mass is 536 g/mol. The molecule has 9 nitrogen and oxygen atoms in total. The second-order valence-electron chi connectivity index (χ2n) is 11.1. The van der Waals surface area contributed by atoms with Crippen molar-refractivity contribution >= 4 is 23.8 Å². The van der Waals surface area contributed by atoms with E-state index in [-0.39, 0.29) is 24.8 Å². The van der Waals surface area contributed by atoms with Gasteiger partial charge in [0.1, 0.15) is 17.7 Å². The van der Waals surface area contributed by atoms with Crippen LogP contribution in [-0.2, 0) is 25.7 Å². The van der Waals surface area contributed by atoms with Gasteiger partial charge in [-0.2, -0.15) is 0 Å². The number of carbonyl (C=O) groups is 4. The Morgan fingerprint density at radius 3 is 2.31 bits per heavy atom. The summed E-state index contributed by atoms with van der Waals surface area (Å²) in [5.74, 6) is -1.37. The van der Waals surface area contributed by atoms with Crippen LogP contribution in [0.1, 0.15) is 74.8 Å². The second-order valence-corrected chi connectivity index (χ2v) is 11.1. The van der Waals surface area contributed by atoms with E-state index >= 15 is 0 Å². The number of hydrogen-bond acceptors (Lipinski definition) is 5. The molecule has 0 radical (unpaired) electrons. The Labute approximate surface area is 230 Å². The van der Waals surface area contributed by atoms with Gasteiger partial charge in [0.2, 0.25) is 17.7 Å². The van der Waals surface area contributed by atoms with Crippen LogP contribution in [0.25, 0.3) is 0 Å². The zero-order valence-corrected chi connectivity index (χ0v) is 23.5. The Hall–Kier alpha value is -3.88. The number of hydrogen-bond donors (Lipinski definition) is 3. The number of carbonyl (C=O) groups excluding carboxylic acids is 4. The van der Waals surface area contributed by atoms with E-state index in [4.69, 9.17) is 10.5 Å². The summed E-state index contributed by atoms with van der Waals surface area (Å²) in [5, 5.41) is 5.63. The molecule has 0 heterocycles. The summed E-state index contributed by atoms with van der Waals surface area (Å²) in [6.45, 7) is 9.30. The van der Waals surface area contributed by atoms with Gasteiger partial charge in [-0.25, -0.2) is 4.79 Å². The number of aryl methyl sites for hydroxylation is 2. The van der Waals surface area contributed by atoms with Crippen LogP contribution < -0.4 is 16.4 Å². The molecule has 0 aliphatic heterocycles. The number of alkyl carbamates (subject to hydrolysis) is 1. The highest BCUT2D eigenvalue weighted by Crippen LogP contribution is 2.37. The van der Waals surface area contributed by atoms with Crippen LogP contribution in [-0.4, -0.2) is 46.4 Å². The Kier molecular flexibility index (Phi) is 9.72. The highest BCUT2D eigenvalue weighted by molar-refractivity contribution is 5.93. The van der Waals surface area contributed by atoms with Crippen molar-refractivity contribution < 1.29 is 23.9 Å². The largest absolute Gasteiger partial charge is 0.444 e. The predicted octanol–water partition coefficient (Wildman–Crippen LogP) is 3.81. The van der Waals surface area contributed by atoms with Gasteiger partial charge in [-0.3, -0.25) is 14.4 Å². The quantitative estimate of drug-likeness (QED) is 0.402. The van der Waals surface area contributed by atoms with E-state index in [1.807, 2.05) is 62.4 Å². The summed E-state index contributed by atoms with van der Waals surface area (Å²) in [5.41, 5.74) is 8.07. The van der Waals surface area contributed by atoms with Gasteiger partial charge in [0, 0.05) is 19.0 Å². The average Bonchev–Trinajstić information content (AvgIpc) is 3.69. The molecule has 0 saturated heterocycles. The van der Waals surface area contributed by atoms with Gasteiger partial charge in [-0.15, -0.1) is 0 Å². The van der Waals surface area contributed by atoms with Gasteiger partial charge in [0.15, 0.2) is 0 Å². The summed E-state index contributed by atoms with van der Waals surface area (Å²) in [6, 6.07) is 13.1. The summed E-state index contributed by atoms with van der Waals surface area (Å²) in [4.78, 5) is 53.9. The van der Waals surface area contributed by atoms with Crippen molar-refractivity contribution in [2.24, 2.45) is 5.73 Å². The minimum absolute atomic E-state index is 0.0121. The number of primary amides is 1. The van der Waals surface area contributed by atoms with Crippen molar-refractivity contribution in [1.82, 2.24) is 15.5 Å². The fourth-order valence-electron chi connectivity index (χ4n) is 4.40. The third-order valence-electron chi connectivity index (χ3n) is 6.43. The fourth-order valence-corrected chi connectivity index (χ4v) is 4.40. The minimum Gasteiger partial charge on any atom is -0.444 e. The summed E-state index contributed by atoms with van der Waals surface area (Å²) in [6.07, 6.45) is 0.557. The number of amides is 4. The molecule has 0 aromatic heterocycles. The topological polar surface area (TPSA) is 131 Å². The van der Waals surface area contributed by atoms with Crippen molar-refractivity contribution in [2.45, 2.75) is 90.6 Å². The number of ether oxygens (including phenoxy) is 1. The predicted molar refractivity (Wildman–Crippen MR) is 148 cm³/mol. The molecule has 2 aromatic carbocycles. The van der Waals surface area contributed by atoms with Crippen LogP contribution in [0.2, 0.25) is 0 Å². The van der Waals surface area contributed by atoms with Crippen molar-refractivity contribution in [3.05, 3.63) is 70.8 Å². The van der Waals surface area contributed by atoms with Crippen LogP contribution in [0.15, 0.2) is 48.5 Å². The smallest absolute Gasteiger partial charge is 0.408 e. The molecule has 1 fully saturated rings. The van der Waals surface area contributed by atoms with Crippen LogP contribution >= 0.6 is 0 Å². The second kappa shape index (κ2) is 12.8. The van der Waals surface area contributed by atoms with E-state index in [1.54, 1.807) is 25.7 Å². The summed E-state index contributed by atoms with van der Waals surface area (Å²) < 4.78 is 5.38. The molecule has 9 heteroatoms. The Bertz CT molecular complexity index is 1190. The van der Waals surface area contributed by atoms with Crippen molar-refractivity contribution in [3.8, 4) is 0 Å². The van der Waals surface area contributed by atoms with Gasteiger partial charge in [0.05, 0.1) is 0 Å². The van der Waals surface area contributed by atoms with Gasteiger partial charge in [0.25, 0.3) is 0 Å². The van der Waals surface area contributed by atoms with Gasteiger partial charge in [-0.05, 0) is 70.6 Å². The molecule has 3 rings (SSSR count). The molecule has 2 unspecified atom stereocenters. The first-order valence-corrected chi connectivity index (χ1v) is 13.3. The molecular formula is C30H40N4O5. The molecule has 1 aliphatic carbocycles. The van der Waals surface area contributed by atoms with E-state index in [2.05, 4.69) is 10.6 Å².